The molecule has 3 aromatic rings. The zero-order chi connectivity index (χ0) is 13.6. The van der Waals surface area contributed by atoms with Gasteiger partial charge in [-0.25, -0.2) is 0 Å². The lowest BCUT2D eigenvalue weighted by molar-refractivity contribution is 0.473. The predicted octanol–water partition coefficient (Wildman–Crippen LogP) is 4.47. The summed E-state index contributed by atoms with van der Waals surface area (Å²) in [5.41, 5.74) is 1.42. The second kappa shape index (κ2) is 4.28. The van der Waals surface area contributed by atoms with Crippen LogP contribution in [0.2, 0.25) is 5.02 Å². The molecule has 2 aromatic heterocycles. The van der Waals surface area contributed by atoms with E-state index in [1.807, 2.05) is 25.1 Å². The van der Waals surface area contributed by atoms with Crippen molar-refractivity contribution in [3.8, 4) is 17.1 Å². The summed E-state index contributed by atoms with van der Waals surface area (Å²) in [7, 11) is 0. The molecular formula is C15H12ClNO2. The molecule has 0 fully saturated rings. The largest absolute Gasteiger partial charge is 0.505 e. The summed E-state index contributed by atoms with van der Waals surface area (Å²) in [6, 6.07) is 7.37. The number of benzene rings is 1. The van der Waals surface area contributed by atoms with E-state index in [9.17, 15) is 5.11 Å². The molecule has 19 heavy (non-hydrogen) atoms. The second-order valence-corrected chi connectivity index (χ2v) is 4.92. The van der Waals surface area contributed by atoms with E-state index >= 15 is 0 Å². The van der Waals surface area contributed by atoms with Gasteiger partial charge in [-0.05, 0) is 26.0 Å². The minimum Gasteiger partial charge on any atom is -0.505 e. The van der Waals surface area contributed by atoms with Gasteiger partial charge in [0.2, 0.25) is 0 Å². The van der Waals surface area contributed by atoms with Crippen molar-refractivity contribution < 1.29 is 9.52 Å². The van der Waals surface area contributed by atoms with Crippen LogP contribution in [0.1, 0.15) is 11.5 Å². The third-order valence-electron chi connectivity index (χ3n) is 3.18. The summed E-state index contributed by atoms with van der Waals surface area (Å²) < 4.78 is 5.78. The summed E-state index contributed by atoms with van der Waals surface area (Å²) in [5.74, 6) is 1.51. The zero-order valence-electron chi connectivity index (χ0n) is 10.6. The Morgan fingerprint density at radius 1 is 1.26 bits per heavy atom. The molecule has 0 amide bonds. The average Bonchev–Trinajstić information content (AvgIpc) is 2.72. The van der Waals surface area contributed by atoms with Crippen molar-refractivity contribution in [1.29, 1.82) is 0 Å². The van der Waals surface area contributed by atoms with Gasteiger partial charge >= 0.3 is 0 Å². The zero-order valence-corrected chi connectivity index (χ0v) is 11.3. The Hall–Kier alpha value is -2.00. The van der Waals surface area contributed by atoms with Gasteiger partial charge < -0.3 is 9.52 Å². The summed E-state index contributed by atoms with van der Waals surface area (Å²) in [6.45, 7) is 3.62. The van der Waals surface area contributed by atoms with Crippen LogP contribution in [-0.4, -0.2) is 10.1 Å². The Kier molecular flexibility index (Phi) is 2.72. The van der Waals surface area contributed by atoms with Gasteiger partial charge in [-0.3, -0.25) is 4.98 Å². The van der Waals surface area contributed by atoms with E-state index in [1.54, 1.807) is 19.2 Å². The smallest absolute Gasteiger partial charge is 0.148 e. The summed E-state index contributed by atoms with van der Waals surface area (Å²) >= 11 is 6.01. The van der Waals surface area contributed by atoms with Crippen LogP contribution in [0.15, 0.2) is 34.9 Å². The molecule has 0 atom stereocenters. The number of aromatic nitrogens is 1. The Labute approximate surface area is 115 Å². The molecule has 4 heteroatoms. The fourth-order valence-electron chi connectivity index (χ4n) is 2.18. The SMILES string of the molecule is Cc1ncc2c(C)oc(-c3cccc(Cl)c3)c2c1O. The Balaban J connectivity index is 2.39. The first kappa shape index (κ1) is 12.1. The predicted molar refractivity (Wildman–Crippen MR) is 75.6 cm³/mol. The minimum absolute atomic E-state index is 0.157. The molecule has 0 unspecified atom stereocenters. The van der Waals surface area contributed by atoms with Crippen LogP contribution in [0, 0.1) is 13.8 Å². The topological polar surface area (TPSA) is 46.3 Å². The van der Waals surface area contributed by atoms with Crippen molar-refractivity contribution in [3.05, 3.63) is 46.9 Å². The maximum Gasteiger partial charge on any atom is 0.148 e. The van der Waals surface area contributed by atoms with Crippen molar-refractivity contribution in [1.82, 2.24) is 4.98 Å². The van der Waals surface area contributed by atoms with E-state index in [2.05, 4.69) is 4.98 Å². The molecule has 2 heterocycles. The molecule has 0 radical (unpaired) electrons. The molecular weight excluding hydrogens is 262 g/mol. The van der Waals surface area contributed by atoms with Gasteiger partial charge in [0, 0.05) is 22.2 Å². The molecule has 0 aliphatic carbocycles. The fraction of sp³-hybridized carbons (Fsp3) is 0.133. The number of aryl methyl sites for hydroxylation is 2. The van der Waals surface area contributed by atoms with E-state index in [0.29, 0.717) is 21.9 Å². The summed E-state index contributed by atoms with van der Waals surface area (Å²) in [5, 5.41) is 12.4. The number of furan rings is 1. The highest BCUT2D eigenvalue weighted by Crippen LogP contribution is 2.39. The summed E-state index contributed by atoms with van der Waals surface area (Å²) in [4.78, 5) is 4.16. The highest BCUT2D eigenvalue weighted by Gasteiger charge is 2.18. The highest BCUT2D eigenvalue weighted by atomic mass is 35.5. The molecule has 1 aromatic carbocycles. The molecule has 0 aliphatic heterocycles. The lowest BCUT2D eigenvalue weighted by Crippen LogP contribution is -1.83. The van der Waals surface area contributed by atoms with Crippen LogP contribution in [-0.2, 0) is 0 Å². The molecule has 0 aliphatic rings. The number of aromatic hydroxyl groups is 1. The number of halogens is 1. The quantitative estimate of drug-likeness (QED) is 0.711. The first-order valence-electron chi connectivity index (χ1n) is 5.91. The van der Waals surface area contributed by atoms with Crippen molar-refractivity contribution in [2.75, 3.05) is 0 Å². The molecule has 3 nitrogen and oxygen atoms in total. The molecule has 3 rings (SSSR count). The van der Waals surface area contributed by atoms with Crippen molar-refractivity contribution in [3.63, 3.8) is 0 Å². The molecule has 0 saturated heterocycles. The van der Waals surface area contributed by atoms with Crippen molar-refractivity contribution >= 4 is 22.4 Å². The van der Waals surface area contributed by atoms with E-state index in [4.69, 9.17) is 16.0 Å². The van der Waals surface area contributed by atoms with E-state index in [1.165, 1.54) is 0 Å². The normalized spacial score (nSPS) is 11.1. The lowest BCUT2D eigenvalue weighted by Gasteiger charge is -2.02. The summed E-state index contributed by atoms with van der Waals surface area (Å²) in [6.07, 6.45) is 1.72. The third kappa shape index (κ3) is 1.87. The Morgan fingerprint density at radius 2 is 2.05 bits per heavy atom. The van der Waals surface area contributed by atoms with Gasteiger partial charge in [0.15, 0.2) is 0 Å². The monoisotopic (exact) mass is 273 g/mol. The van der Waals surface area contributed by atoms with E-state index < -0.39 is 0 Å². The molecule has 0 spiro atoms. The number of fused-ring (bicyclic) bond motifs is 1. The number of hydrogen-bond acceptors (Lipinski definition) is 3. The molecule has 0 saturated carbocycles. The third-order valence-corrected chi connectivity index (χ3v) is 3.42. The lowest BCUT2D eigenvalue weighted by atomic mass is 10.1. The fourth-order valence-corrected chi connectivity index (χ4v) is 2.37. The van der Waals surface area contributed by atoms with Gasteiger partial charge in [-0.15, -0.1) is 0 Å². The van der Waals surface area contributed by atoms with E-state index in [0.717, 1.165) is 16.7 Å². The minimum atomic E-state index is 0.157. The highest BCUT2D eigenvalue weighted by molar-refractivity contribution is 6.30. The van der Waals surface area contributed by atoms with Crippen molar-refractivity contribution in [2.45, 2.75) is 13.8 Å². The van der Waals surface area contributed by atoms with Crippen LogP contribution in [0.25, 0.3) is 22.1 Å². The molecule has 1 N–H and O–H groups in total. The van der Waals surface area contributed by atoms with Crippen molar-refractivity contribution in [2.24, 2.45) is 0 Å². The first-order chi connectivity index (χ1) is 9.08. The molecule has 96 valence electrons. The van der Waals surface area contributed by atoms with Gasteiger partial charge in [0.1, 0.15) is 17.3 Å². The maximum atomic E-state index is 10.2. The van der Waals surface area contributed by atoms with Crippen LogP contribution in [0.4, 0.5) is 0 Å². The first-order valence-corrected chi connectivity index (χ1v) is 6.29. The molecule has 0 bridgehead atoms. The Bertz CT molecular complexity index is 777. The number of nitrogens with zero attached hydrogens (tertiary/aromatic N) is 1. The number of rotatable bonds is 1. The number of pyridine rings is 1. The maximum absolute atomic E-state index is 10.2. The average molecular weight is 274 g/mol. The van der Waals surface area contributed by atoms with Crippen LogP contribution >= 0.6 is 11.6 Å². The van der Waals surface area contributed by atoms with Gasteiger partial charge in [-0.2, -0.15) is 0 Å². The van der Waals surface area contributed by atoms with Gasteiger partial charge in [-0.1, -0.05) is 23.7 Å². The van der Waals surface area contributed by atoms with Gasteiger partial charge in [0.05, 0.1) is 11.1 Å². The second-order valence-electron chi connectivity index (χ2n) is 4.48. The van der Waals surface area contributed by atoms with Crippen LogP contribution in [0.3, 0.4) is 0 Å². The number of hydrogen-bond donors (Lipinski definition) is 1. The van der Waals surface area contributed by atoms with Crippen LogP contribution in [0.5, 0.6) is 5.75 Å². The Morgan fingerprint density at radius 3 is 2.79 bits per heavy atom. The standard InChI is InChI=1S/C15H12ClNO2/c1-8-14(18)13-12(7-17-8)9(2)19-15(13)10-4-3-5-11(16)6-10/h3-7,18H,1-2H3. The van der Waals surface area contributed by atoms with Gasteiger partial charge in [0.25, 0.3) is 0 Å². The van der Waals surface area contributed by atoms with Crippen LogP contribution < -0.4 is 0 Å². The van der Waals surface area contributed by atoms with E-state index in [-0.39, 0.29) is 5.75 Å².